The molecule has 0 aliphatic rings. The van der Waals surface area contributed by atoms with E-state index >= 15 is 0 Å². The molecule has 0 bridgehead atoms. The molecule has 2 aromatic carbocycles. The van der Waals surface area contributed by atoms with Gasteiger partial charge in [0, 0.05) is 24.3 Å². The average molecular weight is 514 g/mol. The second-order valence-electron chi connectivity index (χ2n) is 9.29. The zero-order valence-electron chi connectivity index (χ0n) is 20.1. The van der Waals surface area contributed by atoms with Gasteiger partial charge in [-0.3, -0.25) is 10.1 Å². The van der Waals surface area contributed by atoms with Crippen molar-refractivity contribution < 1.29 is 27.1 Å². The molecule has 0 saturated carbocycles. The number of nitrogens with zero attached hydrogens (tertiary/aromatic N) is 3. The van der Waals surface area contributed by atoms with Crippen LogP contribution in [0.3, 0.4) is 0 Å². The first-order chi connectivity index (χ1) is 17.3. The van der Waals surface area contributed by atoms with Crippen molar-refractivity contribution in [3.8, 4) is 11.4 Å². The predicted molar refractivity (Wildman–Crippen MR) is 130 cm³/mol. The minimum atomic E-state index is -4.61. The van der Waals surface area contributed by atoms with Crippen molar-refractivity contribution in [2.45, 2.75) is 39.1 Å². The molecule has 0 spiro atoms. The van der Waals surface area contributed by atoms with Crippen molar-refractivity contribution >= 4 is 22.6 Å². The first kappa shape index (κ1) is 25.8. The molecule has 2 aromatic heterocycles. The van der Waals surface area contributed by atoms with Crippen molar-refractivity contribution in [1.29, 1.82) is 0 Å². The maximum absolute atomic E-state index is 14.9. The van der Waals surface area contributed by atoms with E-state index in [9.17, 15) is 27.2 Å². The lowest BCUT2D eigenvalue weighted by Gasteiger charge is -2.19. The number of carbonyl (C=O) groups excluding carboxylic acids is 1. The SMILES string of the molecule is CC(C)(C)OC(=O)Nc1cccc(Cn2ccc3cc(-c4ncc(C(F)(F)F)cn4)c(F)cc3c2=O)c1. The molecule has 0 radical (unpaired) electrons. The van der Waals surface area contributed by atoms with E-state index in [-0.39, 0.29) is 23.3 Å². The van der Waals surface area contributed by atoms with Gasteiger partial charge in [-0.25, -0.2) is 19.2 Å². The maximum Gasteiger partial charge on any atom is 0.419 e. The number of fused-ring (bicyclic) bond motifs is 1. The van der Waals surface area contributed by atoms with Gasteiger partial charge >= 0.3 is 12.3 Å². The molecule has 0 atom stereocenters. The van der Waals surface area contributed by atoms with E-state index in [1.54, 1.807) is 51.1 Å². The van der Waals surface area contributed by atoms with Gasteiger partial charge in [0.05, 0.1) is 23.1 Å². The summed E-state index contributed by atoms with van der Waals surface area (Å²) >= 11 is 0. The number of pyridine rings is 1. The lowest BCUT2D eigenvalue weighted by atomic mass is 10.1. The minimum absolute atomic E-state index is 0.0821. The van der Waals surface area contributed by atoms with Crippen LogP contribution < -0.4 is 10.9 Å². The van der Waals surface area contributed by atoms with Crippen LogP contribution in [-0.4, -0.2) is 26.2 Å². The van der Waals surface area contributed by atoms with Crippen molar-refractivity contribution in [3.05, 3.63) is 88.4 Å². The van der Waals surface area contributed by atoms with Gasteiger partial charge in [0.2, 0.25) is 0 Å². The Morgan fingerprint density at radius 1 is 1.05 bits per heavy atom. The summed E-state index contributed by atoms with van der Waals surface area (Å²) in [6, 6.07) is 10.8. The Morgan fingerprint density at radius 3 is 2.41 bits per heavy atom. The minimum Gasteiger partial charge on any atom is -0.444 e. The summed E-state index contributed by atoms with van der Waals surface area (Å²) in [6.07, 6.45) is -2.55. The number of hydrogen-bond donors (Lipinski definition) is 1. The van der Waals surface area contributed by atoms with E-state index in [0.717, 1.165) is 6.07 Å². The van der Waals surface area contributed by atoms with Crippen LogP contribution >= 0.6 is 0 Å². The molecular weight excluding hydrogens is 492 g/mol. The van der Waals surface area contributed by atoms with Crippen LogP contribution in [0.1, 0.15) is 31.9 Å². The molecule has 0 saturated heterocycles. The molecule has 37 heavy (non-hydrogen) atoms. The van der Waals surface area contributed by atoms with E-state index in [1.165, 1.54) is 16.8 Å². The number of nitrogens with one attached hydrogen (secondary N) is 1. The van der Waals surface area contributed by atoms with Gasteiger partial charge in [0.15, 0.2) is 5.82 Å². The Bertz CT molecular complexity index is 1520. The molecule has 2 heterocycles. The number of ether oxygens (including phenoxy) is 1. The monoisotopic (exact) mass is 514 g/mol. The number of amides is 1. The molecular formula is C26H22F4N4O3. The van der Waals surface area contributed by atoms with Crippen LogP contribution in [0.25, 0.3) is 22.2 Å². The normalized spacial score (nSPS) is 12.0. The molecule has 192 valence electrons. The highest BCUT2D eigenvalue weighted by atomic mass is 19.4. The quantitative estimate of drug-likeness (QED) is 0.337. The molecule has 0 fully saturated rings. The van der Waals surface area contributed by atoms with E-state index in [4.69, 9.17) is 4.74 Å². The number of alkyl halides is 3. The molecule has 0 aliphatic carbocycles. The summed E-state index contributed by atoms with van der Waals surface area (Å²) in [6.45, 7) is 5.39. The van der Waals surface area contributed by atoms with E-state index in [0.29, 0.717) is 29.0 Å². The molecule has 4 aromatic rings. The van der Waals surface area contributed by atoms with Crippen LogP contribution in [0.4, 0.5) is 28.0 Å². The number of rotatable bonds is 4. The van der Waals surface area contributed by atoms with E-state index < -0.39 is 34.8 Å². The Kier molecular flexibility index (Phi) is 6.72. The standard InChI is InChI=1S/C26H22F4N4O3/c1-25(2,3)37-24(36)33-18-6-4-5-15(9-18)14-34-8-7-16-10-20(21(27)11-19(16)23(34)35)22-31-12-17(13-32-22)26(28,29)30/h4-13H,14H2,1-3H3,(H,33,36). The zero-order chi connectivity index (χ0) is 27.0. The summed E-state index contributed by atoms with van der Waals surface area (Å²) in [5.41, 5.74) is -1.13. The fraction of sp³-hybridized carbons (Fsp3) is 0.231. The van der Waals surface area contributed by atoms with E-state index in [1.807, 2.05) is 0 Å². The third-order valence-electron chi connectivity index (χ3n) is 5.21. The molecule has 4 rings (SSSR count). The molecule has 11 heteroatoms. The average Bonchev–Trinajstić information content (AvgIpc) is 2.79. The number of carbonyl (C=O) groups is 1. The van der Waals surface area contributed by atoms with Gasteiger partial charge in [-0.05, 0) is 62.1 Å². The largest absolute Gasteiger partial charge is 0.444 e. The number of benzene rings is 2. The summed E-state index contributed by atoms with van der Waals surface area (Å²) in [5.74, 6) is -1.07. The van der Waals surface area contributed by atoms with Gasteiger partial charge in [0.25, 0.3) is 5.56 Å². The summed E-state index contributed by atoms with van der Waals surface area (Å²) in [7, 11) is 0. The second-order valence-corrected chi connectivity index (χ2v) is 9.29. The lowest BCUT2D eigenvalue weighted by molar-refractivity contribution is -0.138. The molecule has 1 amide bonds. The first-order valence-electron chi connectivity index (χ1n) is 11.1. The fourth-order valence-corrected chi connectivity index (χ4v) is 3.58. The number of anilines is 1. The second kappa shape index (κ2) is 9.64. The molecule has 7 nitrogen and oxygen atoms in total. The summed E-state index contributed by atoms with van der Waals surface area (Å²) in [4.78, 5) is 32.4. The first-order valence-corrected chi connectivity index (χ1v) is 11.1. The number of hydrogen-bond acceptors (Lipinski definition) is 5. The fourth-order valence-electron chi connectivity index (χ4n) is 3.58. The van der Waals surface area contributed by atoms with Crippen molar-refractivity contribution in [3.63, 3.8) is 0 Å². The van der Waals surface area contributed by atoms with Crippen molar-refractivity contribution in [2.75, 3.05) is 5.32 Å². The third-order valence-corrected chi connectivity index (χ3v) is 5.21. The Balaban J connectivity index is 1.60. The van der Waals surface area contributed by atoms with Crippen LogP contribution in [0, 0.1) is 5.82 Å². The summed E-state index contributed by atoms with van der Waals surface area (Å²) in [5, 5.41) is 3.10. The van der Waals surface area contributed by atoms with Crippen molar-refractivity contribution in [1.82, 2.24) is 14.5 Å². The molecule has 0 aliphatic heterocycles. The van der Waals surface area contributed by atoms with Gasteiger partial charge in [0.1, 0.15) is 11.4 Å². The summed E-state index contributed by atoms with van der Waals surface area (Å²) < 4.78 is 59.8. The zero-order valence-corrected chi connectivity index (χ0v) is 20.1. The van der Waals surface area contributed by atoms with Crippen LogP contribution in [0.2, 0.25) is 0 Å². The Hall–Kier alpha value is -4.28. The van der Waals surface area contributed by atoms with Crippen molar-refractivity contribution in [2.24, 2.45) is 0 Å². The van der Waals surface area contributed by atoms with Gasteiger partial charge in [-0.2, -0.15) is 13.2 Å². The number of halogens is 4. The highest BCUT2D eigenvalue weighted by Crippen LogP contribution is 2.30. The Labute approximate surface area is 208 Å². The maximum atomic E-state index is 14.9. The highest BCUT2D eigenvalue weighted by Gasteiger charge is 2.31. The van der Waals surface area contributed by atoms with Gasteiger partial charge < -0.3 is 9.30 Å². The van der Waals surface area contributed by atoms with Crippen LogP contribution in [0.5, 0.6) is 0 Å². The van der Waals surface area contributed by atoms with Crippen LogP contribution in [-0.2, 0) is 17.5 Å². The third kappa shape index (κ3) is 6.11. The van der Waals surface area contributed by atoms with Gasteiger partial charge in [-0.1, -0.05) is 12.1 Å². The highest BCUT2D eigenvalue weighted by molar-refractivity contribution is 5.86. The smallest absolute Gasteiger partial charge is 0.419 e. The lowest BCUT2D eigenvalue weighted by Crippen LogP contribution is -2.27. The van der Waals surface area contributed by atoms with E-state index in [2.05, 4.69) is 15.3 Å². The van der Waals surface area contributed by atoms with Gasteiger partial charge in [-0.15, -0.1) is 0 Å². The number of aromatic nitrogens is 3. The molecule has 0 unspecified atom stereocenters. The Morgan fingerprint density at radius 2 is 1.76 bits per heavy atom. The predicted octanol–water partition coefficient (Wildman–Crippen LogP) is 6.01. The topological polar surface area (TPSA) is 86.1 Å². The van der Waals surface area contributed by atoms with Crippen LogP contribution in [0.15, 0.2) is 65.8 Å². The molecule has 1 N–H and O–H groups in total.